The summed E-state index contributed by atoms with van der Waals surface area (Å²) in [6.45, 7) is 7.76. The van der Waals surface area contributed by atoms with Crippen LogP contribution in [0.2, 0.25) is 0 Å². The van der Waals surface area contributed by atoms with Gasteiger partial charge in [-0.1, -0.05) is 25.5 Å². The molecule has 2 aromatic carbocycles. The first-order valence-corrected chi connectivity index (χ1v) is 11.7. The molecule has 3 aromatic rings. The Morgan fingerprint density at radius 1 is 0.938 bits per heavy atom. The highest BCUT2D eigenvalue weighted by atomic mass is 16.5. The van der Waals surface area contributed by atoms with Gasteiger partial charge in [0.15, 0.2) is 0 Å². The normalized spacial score (nSPS) is 14.4. The number of nitrogens with zero attached hydrogens (tertiary/aromatic N) is 1. The lowest BCUT2D eigenvalue weighted by Gasteiger charge is -2.22. The van der Waals surface area contributed by atoms with Gasteiger partial charge >= 0.3 is 0 Å². The highest BCUT2D eigenvalue weighted by Crippen LogP contribution is 2.31. The van der Waals surface area contributed by atoms with Crippen LogP contribution in [-0.2, 0) is 11.3 Å². The molecule has 0 N–H and O–H groups in total. The molecule has 1 aliphatic heterocycles. The Balaban J connectivity index is 1.40. The van der Waals surface area contributed by atoms with E-state index in [1.165, 1.54) is 0 Å². The van der Waals surface area contributed by atoms with Gasteiger partial charge in [-0.05, 0) is 68.5 Å². The zero-order chi connectivity index (χ0) is 22.2. The van der Waals surface area contributed by atoms with E-state index < -0.39 is 0 Å². The molecule has 0 radical (unpaired) electrons. The van der Waals surface area contributed by atoms with Crippen molar-refractivity contribution in [3.63, 3.8) is 0 Å². The van der Waals surface area contributed by atoms with Crippen molar-refractivity contribution in [2.45, 2.75) is 46.1 Å². The van der Waals surface area contributed by atoms with Crippen LogP contribution in [0.15, 0.2) is 48.5 Å². The summed E-state index contributed by atoms with van der Waals surface area (Å²) < 4.78 is 23.6. The molecule has 0 saturated carbocycles. The van der Waals surface area contributed by atoms with Gasteiger partial charge in [0.25, 0.3) is 0 Å². The lowest BCUT2D eigenvalue weighted by atomic mass is 10.0. The number of benzene rings is 2. The van der Waals surface area contributed by atoms with Crippen LogP contribution in [0.5, 0.6) is 17.2 Å². The van der Waals surface area contributed by atoms with Gasteiger partial charge in [-0.15, -0.1) is 0 Å². The molecule has 1 aliphatic rings. The second-order valence-electron chi connectivity index (χ2n) is 8.36. The van der Waals surface area contributed by atoms with E-state index in [2.05, 4.69) is 19.9 Å². The summed E-state index contributed by atoms with van der Waals surface area (Å²) in [5.74, 6) is 3.16. The SMILES string of the molecule is CCCCOc1c(C)c(COc2ccc(OCC3CCOCC3)cc2)nc2ccccc12. The Bertz CT molecular complexity index is 996. The number of rotatable bonds is 10. The van der Waals surface area contributed by atoms with Crippen molar-refractivity contribution in [2.75, 3.05) is 26.4 Å². The number of hydrogen-bond donors (Lipinski definition) is 0. The molecule has 5 heteroatoms. The van der Waals surface area contributed by atoms with Crippen molar-refractivity contribution < 1.29 is 18.9 Å². The summed E-state index contributed by atoms with van der Waals surface area (Å²) >= 11 is 0. The van der Waals surface area contributed by atoms with E-state index in [0.29, 0.717) is 19.1 Å². The molecule has 1 aromatic heterocycles. The second kappa shape index (κ2) is 11.2. The fourth-order valence-electron chi connectivity index (χ4n) is 3.88. The summed E-state index contributed by atoms with van der Waals surface area (Å²) in [6, 6.07) is 16.0. The molecule has 0 amide bonds. The zero-order valence-electron chi connectivity index (χ0n) is 19.1. The van der Waals surface area contributed by atoms with Gasteiger partial charge in [-0.25, -0.2) is 4.98 Å². The molecular formula is C27H33NO4. The maximum Gasteiger partial charge on any atom is 0.133 e. The Kier molecular flexibility index (Phi) is 7.83. The average molecular weight is 436 g/mol. The lowest BCUT2D eigenvalue weighted by molar-refractivity contribution is 0.0497. The van der Waals surface area contributed by atoms with Crippen molar-refractivity contribution in [1.29, 1.82) is 0 Å². The Morgan fingerprint density at radius 3 is 2.41 bits per heavy atom. The topological polar surface area (TPSA) is 49.8 Å². The zero-order valence-corrected chi connectivity index (χ0v) is 19.1. The molecule has 170 valence electrons. The summed E-state index contributed by atoms with van der Waals surface area (Å²) in [5, 5.41) is 1.05. The van der Waals surface area contributed by atoms with Crippen LogP contribution in [-0.4, -0.2) is 31.4 Å². The largest absolute Gasteiger partial charge is 0.493 e. The smallest absolute Gasteiger partial charge is 0.133 e. The number of para-hydroxylation sites is 1. The molecule has 0 spiro atoms. The van der Waals surface area contributed by atoms with E-state index in [-0.39, 0.29) is 0 Å². The van der Waals surface area contributed by atoms with Crippen molar-refractivity contribution in [3.05, 3.63) is 59.8 Å². The maximum atomic E-state index is 6.16. The van der Waals surface area contributed by atoms with Gasteiger partial charge in [0.05, 0.1) is 24.4 Å². The van der Waals surface area contributed by atoms with Crippen LogP contribution < -0.4 is 14.2 Å². The third kappa shape index (κ3) is 5.71. The van der Waals surface area contributed by atoms with Crippen LogP contribution in [0.4, 0.5) is 0 Å². The number of ether oxygens (including phenoxy) is 4. The van der Waals surface area contributed by atoms with Crippen LogP contribution in [0.1, 0.15) is 43.9 Å². The maximum absolute atomic E-state index is 6.16. The molecule has 32 heavy (non-hydrogen) atoms. The van der Waals surface area contributed by atoms with Gasteiger partial charge in [0.2, 0.25) is 0 Å². The number of pyridine rings is 1. The van der Waals surface area contributed by atoms with Gasteiger partial charge in [0, 0.05) is 24.2 Å². The van der Waals surface area contributed by atoms with Gasteiger partial charge in [0.1, 0.15) is 23.9 Å². The first-order chi connectivity index (χ1) is 15.7. The van der Waals surface area contributed by atoms with Crippen LogP contribution >= 0.6 is 0 Å². The van der Waals surface area contributed by atoms with Crippen molar-refractivity contribution >= 4 is 10.9 Å². The second-order valence-corrected chi connectivity index (χ2v) is 8.36. The third-order valence-corrected chi connectivity index (χ3v) is 5.95. The van der Waals surface area contributed by atoms with E-state index in [0.717, 1.165) is 84.9 Å². The van der Waals surface area contributed by atoms with Crippen LogP contribution in [0.3, 0.4) is 0 Å². The highest BCUT2D eigenvalue weighted by molar-refractivity contribution is 5.86. The minimum absolute atomic E-state index is 0.392. The predicted octanol–water partition coefficient (Wildman–Crippen LogP) is 6.11. The molecule has 0 unspecified atom stereocenters. The Labute approximate surface area is 190 Å². The van der Waals surface area contributed by atoms with Crippen LogP contribution in [0.25, 0.3) is 10.9 Å². The first-order valence-electron chi connectivity index (χ1n) is 11.7. The van der Waals surface area contributed by atoms with Gasteiger partial charge in [-0.2, -0.15) is 0 Å². The van der Waals surface area contributed by atoms with Crippen molar-refractivity contribution in [2.24, 2.45) is 5.92 Å². The lowest BCUT2D eigenvalue weighted by Crippen LogP contribution is -2.21. The quantitative estimate of drug-likeness (QED) is 0.360. The van der Waals surface area contributed by atoms with Gasteiger partial charge in [-0.3, -0.25) is 0 Å². The van der Waals surface area contributed by atoms with E-state index in [4.69, 9.17) is 23.9 Å². The minimum Gasteiger partial charge on any atom is -0.493 e. The number of hydrogen-bond acceptors (Lipinski definition) is 5. The highest BCUT2D eigenvalue weighted by Gasteiger charge is 2.15. The summed E-state index contributed by atoms with van der Waals surface area (Å²) in [6.07, 6.45) is 4.28. The predicted molar refractivity (Wildman–Crippen MR) is 127 cm³/mol. The monoisotopic (exact) mass is 435 g/mol. The van der Waals surface area contributed by atoms with E-state index in [9.17, 15) is 0 Å². The molecule has 5 nitrogen and oxygen atoms in total. The number of fused-ring (bicyclic) bond motifs is 1. The van der Waals surface area contributed by atoms with Crippen LogP contribution in [0, 0.1) is 12.8 Å². The minimum atomic E-state index is 0.392. The molecule has 1 saturated heterocycles. The van der Waals surface area contributed by atoms with E-state index in [1.807, 2.05) is 42.5 Å². The molecule has 0 aliphatic carbocycles. The van der Waals surface area contributed by atoms with Crippen molar-refractivity contribution in [3.8, 4) is 17.2 Å². The number of aromatic nitrogens is 1. The Hall–Kier alpha value is -2.79. The fourth-order valence-corrected chi connectivity index (χ4v) is 3.88. The summed E-state index contributed by atoms with van der Waals surface area (Å²) in [4.78, 5) is 4.84. The third-order valence-electron chi connectivity index (χ3n) is 5.95. The fraction of sp³-hybridized carbons (Fsp3) is 0.444. The van der Waals surface area contributed by atoms with E-state index >= 15 is 0 Å². The molecule has 4 rings (SSSR count). The summed E-state index contributed by atoms with van der Waals surface area (Å²) in [5.41, 5.74) is 2.87. The van der Waals surface area contributed by atoms with Gasteiger partial charge < -0.3 is 18.9 Å². The standard InChI is InChI=1S/C27H33NO4/c1-3-4-15-30-27-20(2)26(28-25-8-6-5-7-24(25)27)19-32-23-11-9-22(10-12-23)31-18-21-13-16-29-17-14-21/h5-12,21H,3-4,13-19H2,1-2H3. The molecule has 0 bridgehead atoms. The Morgan fingerprint density at radius 2 is 1.66 bits per heavy atom. The average Bonchev–Trinajstić information content (AvgIpc) is 2.84. The number of unbranched alkanes of at least 4 members (excludes halogenated alkanes) is 1. The first kappa shape index (κ1) is 22.4. The molecule has 0 atom stereocenters. The molecule has 2 heterocycles. The summed E-state index contributed by atoms with van der Waals surface area (Å²) in [7, 11) is 0. The van der Waals surface area contributed by atoms with E-state index in [1.54, 1.807) is 0 Å². The molecular weight excluding hydrogens is 402 g/mol. The van der Waals surface area contributed by atoms with Crippen molar-refractivity contribution in [1.82, 2.24) is 4.98 Å². The molecule has 1 fully saturated rings.